The first-order chi connectivity index (χ1) is 9.58. The number of rotatable bonds is 4. The summed E-state index contributed by atoms with van der Waals surface area (Å²) in [6, 6.07) is 16.7. The summed E-state index contributed by atoms with van der Waals surface area (Å²) in [5.41, 5.74) is 0. The maximum atomic E-state index is 10.0. The van der Waals surface area contributed by atoms with E-state index in [9.17, 15) is 18.9 Å². The van der Waals surface area contributed by atoms with E-state index in [1.807, 2.05) is 0 Å². The molecule has 21 heavy (non-hydrogen) atoms. The maximum absolute atomic E-state index is 10.0. The van der Waals surface area contributed by atoms with E-state index in [1.54, 1.807) is 60.7 Å². The quantitative estimate of drug-likeness (QED) is 0.593. The molecule has 2 aromatic rings. The van der Waals surface area contributed by atoms with Gasteiger partial charge in [-0.05, 0) is 24.3 Å². The van der Waals surface area contributed by atoms with E-state index < -0.39 is 16.5 Å². The largest absolute Gasteiger partial charge is 2.00 e. The van der Waals surface area contributed by atoms with Crippen LogP contribution < -0.4 is 18.8 Å². The average Bonchev–Trinajstić information content (AvgIpc) is 2.40. The summed E-state index contributed by atoms with van der Waals surface area (Å²) in [7, 11) is -6.17. The number of hydrogen-bond donors (Lipinski definition) is 0. The van der Waals surface area contributed by atoms with Crippen molar-refractivity contribution in [2.45, 2.75) is 0 Å². The molecule has 0 N–H and O–H groups in total. The van der Waals surface area contributed by atoms with Crippen LogP contribution in [0.5, 0.6) is 11.5 Å². The summed E-state index contributed by atoms with van der Waals surface area (Å²) in [5.74, 6) is 0.725. The number of hydrogen-bond acceptors (Lipinski definition) is 6. The van der Waals surface area contributed by atoms with Gasteiger partial charge in [0.25, 0.3) is 0 Å². The zero-order valence-electron chi connectivity index (χ0n) is 10.5. The molecule has 1 radical (unpaired) electrons. The number of para-hydroxylation sites is 2. The molecule has 0 bridgehead atoms. The standard InChI is InChI=1S/2C6H7O3P.Cu/c2*7-10(8)9-6-4-2-1-3-5-6;/h2*1-5,10H,(H,7,8);/q;;+2/p-2. The Morgan fingerprint density at radius 2 is 0.952 bits per heavy atom. The summed E-state index contributed by atoms with van der Waals surface area (Å²) < 4.78 is 28.9. The van der Waals surface area contributed by atoms with Crippen LogP contribution in [0.2, 0.25) is 0 Å². The molecule has 0 fully saturated rings. The fraction of sp³-hybridized carbons (Fsp3) is 0. The van der Waals surface area contributed by atoms with E-state index >= 15 is 0 Å². The first-order valence-corrected chi connectivity index (χ1v) is 7.90. The molecule has 0 saturated heterocycles. The first-order valence-electron chi connectivity index (χ1n) is 5.45. The van der Waals surface area contributed by atoms with Crippen LogP contribution >= 0.6 is 16.5 Å². The molecule has 0 saturated carbocycles. The van der Waals surface area contributed by atoms with Gasteiger partial charge in [0.15, 0.2) is 16.5 Å². The maximum Gasteiger partial charge on any atom is 2.00 e. The molecule has 0 aliphatic carbocycles. The monoisotopic (exact) mass is 377 g/mol. The van der Waals surface area contributed by atoms with Gasteiger partial charge < -0.3 is 18.8 Å². The molecule has 0 amide bonds. The molecule has 9 heteroatoms. The Hall–Kier alpha value is -1.06. The summed E-state index contributed by atoms with van der Waals surface area (Å²) in [4.78, 5) is 20.0. The van der Waals surface area contributed by atoms with Gasteiger partial charge in [-0.3, -0.25) is 9.13 Å². The molecule has 0 aliphatic heterocycles. The molecular weight excluding hydrogens is 366 g/mol. The van der Waals surface area contributed by atoms with E-state index in [0.717, 1.165) is 0 Å². The molecule has 0 aliphatic rings. The SMILES string of the molecule is O=[PH]([O-])Oc1ccccc1.O=[PH]([O-])Oc1ccccc1.[Cu+2]. The van der Waals surface area contributed by atoms with Crippen molar-refractivity contribution < 1.29 is 45.0 Å². The smallest absolute Gasteiger partial charge is 0.771 e. The van der Waals surface area contributed by atoms with Crippen LogP contribution in [-0.4, -0.2) is 0 Å². The van der Waals surface area contributed by atoms with Gasteiger partial charge in [-0.1, -0.05) is 36.4 Å². The van der Waals surface area contributed by atoms with Crippen LogP contribution in [0.25, 0.3) is 0 Å². The van der Waals surface area contributed by atoms with Crippen LogP contribution in [0.15, 0.2) is 60.7 Å². The van der Waals surface area contributed by atoms with Crippen molar-refractivity contribution in [1.29, 1.82) is 0 Å². The van der Waals surface area contributed by atoms with Crippen LogP contribution in [0.1, 0.15) is 0 Å². The van der Waals surface area contributed by atoms with E-state index in [4.69, 9.17) is 0 Å². The Morgan fingerprint density at radius 1 is 0.667 bits per heavy atom. The van der Waals surface area contributed by atoms with E-state index in [2.05, 4.69) is 9.05 Å². The van der Waals surface area contributed by atoms with Gasteiger partial charge in [-0.2, -0.15) is 0 Å². The number of benzene rings is 2. The van der Waals surface area contributed by atoms with E-state index in [1.165, 1.54) is 0 Å². The zero-order chi connectivity index (χ0) is 14.8. The summed E-state index contributed by atoms with van der Waals surface area (Å²) in [6.45, 7) is 0. The van der Waals surface area contributed by atoms with Gasteiger partial charge in [0, 0.05) is 0 Å². The van der Waals surface area contributed by atoms with Crippen molar-refractivity contribution in [1.82, 2.24) is 0 Å². The molecule has 2 atom stereocenters. The fourth-order valence-electron chi connectivity index (χ4n) is 1.17. The Balaban J connectivity index is 0.000000364. The molecule has 6 nitrogen and oxygen atoms in total. The molecule has 2 unspecified atom stereocenters. The van der Waals surface area contributed by atoms with Crippen molar-refractivity contribution in [3.63, 3.8) is 0 Å². The van der Waals surface area contributed by atoms with Gasteiger partial charge in [-0.15, -0.1) is 0 Å². The van der Waals surface area contributed by atoms with Crippen LogP contribution in [0.3, 0.4) is 0 Å². The predicted molar refractivity (Wildman–Crippen MR) is 72.1 cm³/mol. The van der Waals surface area contributed by atoms with Crippen molar-refractivity contribution in [3.05, 3.63) is 60.7 Å². The second kappa shape index (κ2) is 11.6. The molecule has 117 valence electrons. The minimum absolute atomic E-state index is 0. The van der Waals surface area contributed by atoms with Gasteiger partial charge in [0.1, 0.15) is 11.5 Å². The second-order valence-corrected chi connectivity index (χ2v) is 4.74. The van der Waals surface area contributed by atoms with Gasteiger partial charge >= 0.3 is 17.1 Å². The van der Waals surface area contributed by atoms with Crippen LogP contribution in [0.4, 0.5) is 0 Å². The third-order valence-corrected chi connectivity index (χ3v) is 2.69. The van der Waals surface area contributed by atoms with E-state index in [0.29, 0.717) is 11.5 Å². The first kappa shape index (κ1) is 19.9. The third kappa shape index (κ3) is 10.3. The van der Waals surface area contributed by atoms with E-state index in [-0.39, 0.29) is 17.1 Å². The van der Waals surface area contributed by atoms with Crippen LogP contribution in [-0.2, 0) is 26.2 Å². The molecule has 0 spiro atoms. The van der Waals surface area contributed by atoms with Crippen LogP contribution in [0, 0.1) is 0 Å². The Bertz CT molecular complexity index is 501. The Labute approximate surface area is 134 Å². The normalized spacial score (nSPS) is 11.9. The summed E-state index contributed by atoms with van der Waals surface area (Å²) >= 11 is 0. The molecule has 2 aromatic carbocycles. The molecule has 0 heterocycles. The van der Waals surface area contributed by atoms with Crippen molar-refractivity contribution in [2.75, 3.05) is 0 Å². The second-order valence-electron chi connectivity index (χ2n) is 3.33. The minimum Gasteiger partial charge on any atom is -0.771 e. The molecule has 2 rings (SSSR count). The van der Waals surface area contributed by atoms with Crippen molar-refractivity contribution in [2.24, 2.45) is 0 Å². The summed E-state index contributed by atoms with van der Waals surface area (Å²) in [6.07, 6.45) is 0. The Morgan fingerprint density at radius 3 is 1.19 bits per heavy atom. The average molecular weight is 378 g/mol. The predicted octanol–water partition coefficient (Wildman–Crippen LogP) is 1.63. The zero-order valence-corrected chi connectivity index (χ0v) is 13.5. The minimum atomic E-state index is -3.09. The van der Waals surface area contributed by atoms with Crippen molar-refractivity contribution >= 4 is 16.5 Å². The van der Waals surface area contributed by atoms with Crippen molar-refractivity contribution in [3.8, 4) is 11.5 Å². The molecular formula is C12H12CuO6P2. The third-order valence-electron chi connectivity index (χ3n) is 1.89. The Kier molecular flexibility index (Phi) is 11.0. The van der Waals surface area contributed by atoms with Gasteiger partial charge in [0.2, 0.25) is 0 Å². The topological polar surface area (TPSA) is 98.7 Å². The molecule has 0 aromatic heterocycles. The fourth-order valence-corrected chi connectivity index (χ4v) is 1.83. The van der Waals surface area contributed by atoms with Gasteiger partial charge in [-0.25, -0.2) is 0 Å². The summed E-state index contributed by atoms with van der Waals surface area (Å²) in [5, 5.41) is 0. The van der Waals surface area contributed by atoms with Gasteiger partial charge in [0.05, 0.1) is 0 Å².